The van der Waals surface area contributed by atoms with Gasteiger partial charge in [0.1, 0.15) is 0 Å². The summed E-state index contributed by atoms with van der Waals surface area (Å²) >= 11 is 0. The summed E-state index contributed by atoms with van der Waals surface area (Å²) in [6, 6.07) is 0. The average Bonchev–Trinajstić information content (AvgIpc) is 3.04. The first kappa shape index (κ1) is 20.5. The van der Waals surface area contributed by atoms with Crippen LogP contribution < -0.4 is 0 Å². The van der Waals surface area contributed by atoms with Crippen molar-refractivity contribution in [3.63, 3.8) is 0 Å². The van der Waals surface area contributed by atoms with Crippen LogP contribution in [0, 0.1) is 5.92 Å². The first-order chi connectivity index (χ1) is 11.3. The molecule has 2 nitrogen and oxygen atoms in total. The Morgan fingerprint density at radius 1 is 0.652 bits per heavy atom. The highest BCUT2D eigenvalue weighted by atomic mass is 16.4. The van der Waals surface area contributed by atoms with Crippen LogP contribution in [0.5, 0.6) is 0 Å². The summed E-state index contributed by atoms with van der Waals surface area (Å²) in [5, 5.41) is 8.55. The van der Waals surface area contributed by atoms with Crippen LogP contribution in [0.1, 0.15) is 122 Å². The minimum atomic E-state index is -0.650. The van der Waals surface area contributed by atoms with Gasteiger partial charge in [0.25, 0.3) is 0 Å². The molecular weight excluding hydrogens is 284 g/mol. The molecule has 0 radical (unpaired) electrons. The van der Waals surface area contributed by atoms with E-state index in [-0.39, 0.29) is 0 Å². The van der Waals surface area contributed by atoms with Crippen molar-refractivity contribution in [1.29, 1.82) is 0 Å². The van der Waals surface area contributed by atoms with E-state index in [1.807, 2.05) is 0 Å². The van der Waals surface area contributed by atoms with E-state index in [1.54, 1.807) is 0 Å². The van der Waals surface area contributed by atoms with Gasteiger partial charge in [-0.25, -0.2) is 0 Å². The summed E-state index contributed by atoms with van der Waals surface area (Å²) < 4.78 is 0. The Bertz CT molecular complexity index is 269. The molecule has 0 amide bonds. The largest absolute Gasteiger partial charge is 0.481 e. The first-order valence-corrected chi connectivity index (χ1v) is 10.5. The molecule has 1 rings (SSSR count). The van der Waals surface area contributed by atoms with Crippen LogP contribution in [-0.2, 0) is 4.79 Å². The number of unbranched alkanes of at least 4 members (excludes halogenated alkanes) is 12. The number of hydrogen-bond donors (Lipinski definition) is 1. The molecule has 0 unspecified atom stereocenters. The second-order valence-electron chi connectivity index (χ2n) is 7.68. The zero-order valence-corrected chi connectivity index (χ0v) is 15.4. The maximum atomic E-state index is 10.4. The van der Waals surface area contributed by atoms with Crippen molar-refractivity contribution in [1.82, 2.24) is 0 Å². The summed E-state index contributed by atoms with van der Waals surface area (Å²) in [5.41, 5.74) is 0. The second kappa shape index (κ2) is 15.0. The number of rotatable bonds is 16. The van der Waals surface area contributed by atoms with Gasteiger partial charge >= 0.3 is 5.97 Å². The highest BCUT2D eigenvalue weighted by molar-refractivity contribution is 5.66. The van der Waals surface area contributed by atoms with Crippen molar-refractivity contribution >= 4 is 5.97 Å². The molecule has 0 bridgehead atoms. The van der Waals surface area contributed by atoms with Gasteiger partial charge in [0.15, 0.2) is 0 Å². The second-order valence-corrected chi connectivity index (χ2v) is 7.68. The fraction of sp³-hybridized carbons (Fsp3) is 0.952. The zero-order chi connectivity index (χ0) is 16.6. The minimum absolute atomic E-state index is 0.348. The molecule has 1 N–H and O–H groups in total. The minimum Gasteiger partial charge on any atom is -0.481 e. The maximum Gasteiger partial charge on any atom is 0.303 e. The lowest BCUT2D eigenvalue weighted by Gasteiger charge is -2.08. The van der Waals surface area contributed by atoms with Gasteiger partial charge in [-0.2, -0.15) is 0 Å². The lowest BCUT2D eigenvalue weighted by Crippen LogP contribution is -1.93. The zero-order valence-electron chi connectivity index (χ0n) is 15.4. The van der Waals surface area contributed by atoms with Crippen LogP contribution >= 0.6 is 0 Å². The fourth-order valence-corrected chi connectivity index (χ4v) is 3.95. The molecule has 1 aliphatic rings. The third kappa shape index (κ3) is 13.6. The molecule has 23 heavy (non-hydrogen) atoms. The van der Waals surface area contributed by atoms with Crippen molar-refractivity contribution in [3.05, 3.63) is 0 Å². The summed E-state index contributed by atoms with van der Waals surface area (Å²) in [6.07, 6.45) is 25.1. The van der Waals surface area contributed by atoms with Gasteiger partial charge in [0.2, 0.25) is 0 Å². The number of carboxylic acids is 1. The smallest absolute Gasteiger partial charge is 0.303 e. The number of carbonyl (C=O) groups is 1. The monoisotopic (exact) mass is 324 g/mol. The van der Waals surface area contributed by atoms with E-state index >= 15 is 0 Å². The Morgan fingerprint density at radius 3 is 1.48 bits per heavy atom. The quantitative estimate of drug-likeness (QED) is 0.307. The Balaban J connectivity index is 1.66. The van der Waals surface area contributed by atoms with Gasteiger partial charge in [-0.1, -0.05) is 109 Å². The summed E-state index contributed by atoms with van der Waals surface area (Å²) in [5.74, 6) is 0.433. The molecule has 2 heteroatoms. The molecule has 1 fully saturated rings. The van der Waals surface area contributed by atoms with Crippen LogP contribution in [0.4, 0.5) is 0 Å². The van der Waals surface area contributed by atoms with Crippen molar-refractivity contribution in [2.45, 2.75) is 122 Å². The van der Waals surface area contributed by atoms with Gasteiger partial charge in [-0.3, -0.25) is 4.79 Å². The predicted molar refractivity (Wildman–Crippen MR) is 98.8 cm³/mol. The van der Waals surface area contributed by atoms with E-state index in [0.717, 1.165) is 18.8 Å². The van der Waals surface area contributed by atoms with Crippen LogP contribution in [0.15, 0.2) is 0 Å². The van der Waals surface area contributed by atoms with Crippen molar-refractivity contribution in [2.75, 3.05) is 0 Å². The lowest BCUT2D eigenvalue weighted by molar-refractivity contribution is -0.137. The van der Waals surface area contributed by atoms with E-state index in [4.69, 9.17) is 5.11 Å². The average molecular weight is 325 g/mol. The highest BCUT2D eigenvalue weighted by Crippen LogP contribution is 2.29. The number of aliphatic carboxylic acids is 1. The molecule has 1 saturated carbocycles. The van der Waals surface area contributed by atoms with E-state index in [1.165, 1.54) is 103 Å². The molecule has 0 spiro atoms. The van der Waals surface area contributed by atoms with E-state index in [9.17, 15) is 4.79 Å². The Labute approximate surface area is 144 Å². The summed E-state index contributed by atoms with van der Waals surface area (Å²) in [6.45, 7) is 0. The SMILES string of the molecule is O=C(O)CCCCCCCCCCCCCCCC1CCCC1. The van der Waals surface area contributed by atoms with Gasteiger partial charge < -0.3 is 5.11 Å². The first-order valence-electron chi connectivity index (χ1n) is 10.5. The topological polar surface area (TPSA) is 37.3 Å². The summed E-state index contributed by atoms with van der Waals surface area (Å²) in [4.78, 5) is 10.4. The third-order valence-electron chi connectivity index (χ3n) is 5.48. The Morgan fingerprint density at radius 2 is 1.04 bits per heavy atom. The molecule has 0 aromatic carbocycles. The van der Waals surface area contributed by atoms with Crippen LogP contribution in [0.2, 0.25) is 0 Å². The molecule has 1 aliphatic carbocycles. The maximum absolute atomic E-state index is 10.4. The van der Waals surface area contributed by atoms with Crippen molar-refractivity contribution in [2.24, 2.45) is 5.92 Å². The van der Waals surface area contributed by atoms with Crippen molar-refractivity contribution < 1.29 is 9.90 Å². The van der Waals surface area contributed by atoms with E-state index in [0.29, 0.717) is 6.42 Å². The molecule has 0 aliphatic heterocycles. The molecule has 136 valence electrons. The Hall–Kier alpha value is -0.530. The normalized spacial score (nSPS) is 15.3. The van der Waals surface area contributed by atoms with E-state index in [2.05, 4.69) is 0 Å². The standard InChI is InChI=1S/C21H40O2/c22-21(23)19-13-11-9-7-5-3-1-2-4-6-8-10-12-16-20-17-14-15-18-20/h20H,1-19H2,(H,22,23). The predicted octanol–water partition coefficient (Wildman–Crippen LogP) is 7.11. The molecule has 0 aromatic rings. The molecular formula is C21H40O2. The fourth-order valence-electron chi connectivity index (χ4n) is 3.95. The van der Waals surface area contributed by atoms with Crippen LogP contribution in [-0.4, -0.2) is 11.1 Å². The molecule has 0 atom stereocenters. The molecule has 0 aromatic heterocycles. The number of carboxylic acid groups (broad SMARTS) is 1. The van der Waals surface area contributed by atoms with Crippen LogP contribution in [0.3, 0.4) is 0 Å². The van der Waals surface area contributed by atoms with Crippen molar-refractivity contribution in [3.8, 4) is 0 Å². The molecule has 0 heterocycles. The lowest BCUT2D eigenvalue weighted by atomic mass is 9.99. The van der Waals surface area contributed by atoms with Gasteiger partial charge in [-0.05, 0) is 12.3 Å². The van der Waals surface area contributed by atoms with Gasteiger partial charge in [0.05, 0.1) is 0 Å². The summed E-state index contributed by atoms with van der Waals surface area (Å²) in [7, 11) is 0. The highest BCUT2D eigenvalue weighted by Gasteiger charge is 2.13. The van der Waals surface area contributed by atoms with Gasteiger partial charge in [-0.15, -0.1) is 0 Å². The number of hydrogen-bond acceptors (Lipinski definition) is 1. The van der Waals surface area contributed by atoms with Crippen LogP contribution in [0.25, 0.3) is 0 Å². The Kier molecular flexibility index (Phi) is 13.4. The third-order valence-corrected chi connectivity index (χ3v) is 5.48. The van der Waals surface area contributed by atoms with Gasteiger partial charge in [0, 0.05) is 6.42 Å². The molecule has 0 saturated heterocycles. The van der Waals surface area contributed by atoms with E-state index < -0.39 is 5.97 Å².